The Morgan fingerprint density at radius 1 is 1.05 bits per heavy atom. The number of benzene rings is 3. The lowest BCUT2D eigenvalue weighted by molar-refractivity contribution is -0.159. The van der Waals surface area contributed by atoms with Gasteiger partial charge in [-0.15, -0.1) is 0 Å². The van der Waals surface area contributed by atoms with Gasteiger partial charge < -0.3 is 15.0 Å². The number of hydrogen-bond acceptors (Lipinski definition) is 4. The predicted molar refractivity (Wildman–Crippen MR) is 143 cm³/mol. The number of amides is 2. The first-order valence-corrected chi connectivity index (χ1v) is 13.4. The monoisotopic (exact) mass is 595 g/mol. The van der Waals surface area contributed by atoms with Gasteiger partial charge >= 0.3 is 12.2 Å². The molecule has 2 amide bonds. The van der Waals surface area contributed by atoms with Crippen LogP contribution in [0.5, 0.6) is 0 Å². The van der Waals surface area contributed by atoms with Crippen molar-refractivity contribution in [3.8, 4) is 0 Å². The first kappa shape index (κ1) is 26.4. The molecule has 1 N–H and O–H groups in total. The van der Waals surface area contributed by atoms with E-state index in [1.807, 2.05) is 24.3 Å². The van der Waals surface area contributed by atoms with Gasteiger partial charge in [-0.2, -0.15) is 13.2 Å². The van der Waals surface area contributed by atoms with Gasteiger partial charge in [0.15, 0.2) is 10.6 Å². The number of likely N-dealkylation sites (tertiary alicyclic amines) is 1. The first-order valence-electron chi connectivity index (χ1n) is 11.9. The summed E-state index contributed by atoms with van der Waals surface area (Å²) < 4.78 is 65.1. The molecule has 1 fully saturated rings. The zero-order valence-electron chi connectivity index (χ0n) is 20.0. The molecule has 0 aliphatic carbocycles. The number of carbonyl (C=O) groups is 1. The molecule has 1 saturated heterocycles. The van der Waals surface area contributed by atoms with E-state index in [2.05, 4.69) is 9.71 Å². The molecule has 0 bridgehead atoms. The number of carbonyl (C=O) groups excluding carboxylic acids is 1. The van der Waals surface area contributed by atoms with E-state index >= 15 is 0 Å². The summed E-state index contributed by atoms with van der Waals surface area (Å²) in [5, 5.41) is 1.88. The van der Waals surface area contributed by atoms with Crippen molar-refractivity contribution in [2.45, 2.75) is 29.6 Å². The molecule has 0 radical (unpaired) electrons. The van der Waals surface area contributed by atoms with Gasteiger partial charge in [-0.05, 0) is 64.5 Å². The van der Waals surface area contributed by atoms with Crippen LogP contribution >= 0.6 is 35.1 Å². The third kappa shape index (κ3) is 4.38. The highest BCUT2D eigenvalue weighted by Crippen LogP contribution is 2.57. The molecular weight excluding hydrogens is 577 g/mol. The van der Waals surface area contributed by atoms with Crippen molar-refractivity contribution in [2.24, 2.45) is 4.40 Å². The quantitative estimate of drug-likeness (QED) is 0.192. The summed E-state index contributed by atoms with van der Waals surface area (Å²) in [5.41, 5.74) is 2.30. The normalized spacial score (nSPS) is 21.5. The van der Waals surface area contributed by atoms with Crippen LogP contribution in [0.2, 0.25) is 10.0 Å². The Labute approximate surface area is 235 Å². The molecule has 3 aromatic rings. The van der Waals surface area contributed by atoms with Crippen molar-refractivity contribution < 1.29 is 27.1 Å². The van der Waals surface area contributed by atoms with Crippen LogP contribution in [-0.2, 0) is 21.7 Å². The molecule has 3 aliphatic rings. The SMILES string of the molecule is O=C(Nc1ccccc1)N1CC2(C1)OCc1cc(C3=NS[C@@](c4cc(Cl)c(F)c(Cl)c4)(C(F)(F)F)C3)ccc12. The van der Waals surface area contributed by atoms with Crippen LogP contribution in [-0.4, -0.2) is 35.9 Å². The number of nitrogens with zero attached hydrogens (tertiary/aromatic N) is 2. The van der Waals surface area contributed by atoms with Crippen LogP contribution in [0.15, 0.2) is 65.1 Å². The summed E-state index contributed by atoms with van der Waals surface area (Å²) in [4.78, 5) is 14.2. The maximum atomic E-state index is 14.4. The minimum atomic E-state index is -4.72. The Bertz CT molecular complexity index is 1490. The molecule has 0 unspecified atom stereocenters. The lowest BCUT2D eigenvalue weighted by atomic mass is 9.83. The standard InChI is InChI=1S/C27H19Cl2F4N3O2S/c28-20-9-17(10-21(29)23(20)30)26(27(31,32)33)11-22(35-39-26)15-6-7-19-16(8-15)12-38-25(19)13-36(14-25)24(37)34-18-4-2-1-3-5-18/h1-10H,11-14H2,(H,34,37)/t26-/m0/s1. The molecule has 3 heterocycles. The number of anilines is 1. The molecule has 1 atom stereocenters. The summed E-state index contributed by atoms with van der Waals surface area (Å²) in [6.45, 7) is 0.988. The zero-order valence-corrected chi connectivity index (χ0v) is 22.3. The maximum absolute atomic E-state index is 14.4. The highest BCUT2D eigenvalue weighted by molar-refractivity contribution is 7.99. The van der Waals surface area contributed by atoms with E-state index in [9.17, 15) is 22.4 Å². The lowest BCUT2D eigenvalue weighted by Gasteiger charge is -2.47. The number of halogens is 6. The third-order valence-electron chi connectivity index (χ3n) is 7.27. The van der Waals surface area contributed by atoms with E-state index in [-0.39, 0.29) is 23.9 Å². The molecule has 202 valence electrons. The topological polar surface area (TPSA) is 53.9 Å². The number of hydrogen-bond donors (Lipinski definition) is 1. The summed E-state index contributed by atoms with van der Waals surface area (Å²) in [5.74, 6) is -0.969. The second-order valence-electron chi connectivity index (χ2n) is 9.69. The number of fused-ring (bicyclic) bond motifs is 2. The van der Waals surface area contributed by atoms with Gasteiger partial charge in [0.2, 0.25) is 0 Å². The van der Waals surface area contributed by atoms with Crippen molar-refractivity contribution in [1.82, 2.24) is 4.90 Å². The average Bonchev–Trinajstić information content (AvgIpc) is 3.50. The highest BCUT2D eigenvalue weighted by Gasteiger charge is 2.60. The van der Waals surface area contributed by atoms with E-state index < -0.39 is 38.8 Å². The van der Waals surface area contributed by atoms with Gasteiger partial charge in [0, 0.05) is 12.1 Å². The van der Waals surface area contributed by atoms with Crippen molar-refractivity contribution in [1.29, 1.82) is 0 Å². The van der Waals surface area contributed by atoms with Gasteiger partial charge in [-0.1, -0.05) is 53.5 Å². The van der Waals surface area contributed by atoms with Crippen LogP contribution < -0.4 is 5.32 Å². The number of ether oxygens (including phenoxy) is 1. The number of nitrogens with one attached hydrogen (secondary N) is 1. The van der Waals surface area contributed by atoms with Crippen molar-refractivity contribution in [3.05, 3.63) is 98.8 Å². The fourth-order valence-electron chi connectivity index (χ4n) is 5.18. The number of para-hydroxylation sites is 1. The minimum absolute atomic E-state index is 0.234. The fourth-order valence-corrected chi connectivity index (χ4v) is 6.63. The van der Waals surface area contributed by atoms with Crippen LogP contribution in [0.4, 0.5) is 28.0 Å². The van der Waals surface area contributed by atoms with Gasteiger partial charge in [-0.25, -0.2) is 13.6 Å². The van der Waals surface area contributed by atoms with E-state index in [1.54, 1.807) is 29.2 Å². The second kappa shape index (κ2) is 9.40. The summed E-state index contributed by atoms with van der Waals surface area (Å²) in [6, 6.07) is 16.1. The lowest BCUT2D eigenvalue weighted by Crippen LogP contribution is -2.62. The summed E-state index contributed by atoms with van der Waals surface area (Å²) in [7, 11) is 0. The second-order valence-corrected chi connectivity index (χ2v) is 11.6. The van der Waals surface area contributed by atoms with Crippen LogP contribution in [0.3, 0.4) is 0 Å². The Balaban J connectivity index is 1.20. The summed E-state index contributed by atoms with van der Waals surface area (Å²) >= 11 is 12.0. The molecule has 3 aliphatic heterocycles. The highest BCUT2D eigenvalue weighted by atomic mass is 35.5. The number of rotatable bonds is 3. The average molecular weight is 596 g/mol. The molecule has 0 aromatic heterocycles. The molecule has 3 aromatic carbocycles. The van der Waals surface area contributed by atoms with Crippen molar-refractivity contribution in [2.75, 3.05) is 18.4 Å². The van der Waals surface area contributed by atoms with Gasteiger partial charge in [0.25, 0.3) is 0 Å². The molecule has 1 spiro atoms. The van der Waals surface area contributed by atoms with Gasteiger partial charge in [-0.3, -0.25) is 0 Å². The Kier molecular flexibility index (Phi) is 6.37. The molecule has 5 nitrogen and oxygen atoms in total. The van der Waals surface area contributed by atoms with Crippen LogP contribution in [0, 0.1) is 5.82 Å². The molecule has 39 heavy (non-hydrogen) atoms. The summed E-state index contributed by atoms with van der Waals surface area (Å²) in [6.07, 6.45) is -5.19. The molecular formula is C27H19Cl2F4N3O2S. The molecule has 12 heteroatoms. The maximum Gasteiger partial charge on any atom is 0.409 e. The molecule has 6 rings (SSSR count). The molecule has 0 saturated carbocycles. The van der Waals surface area contributed by atoms with E-state index in [0.717, 1.165) is 23.3 Å². The minimum Gasteiger partial charge on any atom is -0.362 e. The number of alkyl halides is 3. The van der Waals surface area contributed by atoms with E-state index in [1.165, 1.54) is 0 Å². The third-order valence-corrected chi connectivity index (χ3v) is 9.06. The van der Waals surface area contributed by atoms with E-state index in [0.29, 0.717) is 36.3 Å². The number of urea groups is 1. The first-order chi connectivity index (χ1) is 18.5. The Hall–Kier alpha value is -2.79. The Morgan fingerprint density at radius 2 is 1.74 bits per heavy atom. The van der Waals surface area contributed by atoms with Gasteiger partial charge in [0.05, 0.1) is 35.5 Å². The largest absolute Gasteiger partial charge is 0.409 e. The predicted octanol–water partition coefficient (Wildman–Crippen LogP) is 7.70. The van der Waals surface area contributed by atoms with Crippen LogP contribution in [0.25, 0.3) is 0 Å². The fraction of sp³-hybridized carbons (Fsp3) is 0.259. The smallest absolute Gasteiger partial charge is 0.362 e. The van der Waals surface area contributed by atoms with Crippen LogP contribution in [0.1, 0.15) is 28.7 Å². The Morgan fingerprint density at radius 3 is 2.41 bits per heavy atom. The van der Waals surface area contributed by atoms with Crippen molar-refractivity contribution >= 4 is 52.6 Å². The van der Waals surface area contributed by atoms with Gasteiger partial charge in [0.1, 0.15) is 5.60 Å². The van der Waals surface area contributed by atoms with Crippen molar-refractivity contribution in [3.63, 3.8) is 0 Å². The zero-order chi connectivity index (χ0) is 27.6. The van der Waals surface area contributed by atoms with E-state index in [4.69, 9.17) is 27.9 Å².